The van der Waals surface area contributed by atoms with Crippen LogP contribution in [0.25, 0.3) is 0 Å². The highest BCUT2D eigenvalue weighted by atomic mass is 16.5. The van der Waals surface area contributed by atoms with Gasteiger partial charge in [0, 0.05) is 6.20 Å². The van der Waals surface area contributed by atoms with Gasteiger partial charge in [-0.1, -0.05) is 26.0 Å². The van der Waals surface area contributed by atoms with Crippen molar-refractivity contribution < 1.29 is 4.74 Å². The molecule has 0 saturated carbocycles. The Morgan fingerprint density at radius 3 is 2.62 bits per heavy atom. The number of nitrogens with zero attached hydrogens (tertiary/aromatic N) is 2. The third-order valence-corrected chi connectivity index (χ3v) is 3.63. The fourth-order valence-corrected chi connectivity index (χ4v) is 2.42. The number of hydrogen-bond donors (Lipinski definition) is 1. The van der Waals surface area contributed by atoms with Crippen LogP contribution in [0.15, 0.2) is 36.5 Å². The molecule has 0 aliphatic carbocycles. The molecule has 0 aliphatic rings. The Kier molecular flexibility index (Phi) is 5.67. The highest BCUT2D eigenvalue weighted by Crippen LogP contribution is 2.24. The summed E-state index contributed by atoms with van der Waals surface area (Å²) < 4.78 is 7.69. The number of para-hydroxylation sites is 2. The van der Waals surface area contributed by atoms with Gasteiger partial charge in [-0.05, 0) is 38.0 Å². The van der Waals surface area contributed by atoms with E-state index in [0.717, 1.165) is 30.0 Å². The molecule has 4 heteroatoms. The van der Waals surface area contributed by atoms with E-state index in [0.29, 0.717) is 19.2 Å². The van der Waals surface area contributed by atoms with Crippen LogP contribution in [-0.2, 0) is 6.54 Å². The third kappa shape index (κ3) is 4.00. The van der Waals surface area contributed by atoms with Crippen molar-refractivity contribution in [3.8, 4) is 5.75 Å². The molecule has 2 aromatic rings. The number of anilines is 1. The van der Waals surface area contributed by atoms with Crippen LogP contribution in [0.4, 0.5) is 5.69 Å². The lowest BCUT2D eigenvalue weighted by Crippen LogP contribution is -2.09. The van der Waals surface area contributed by atoms with Crippen LogP contribution in [0, 0.1) is 0 Å². The molecule has 0 radical (unpaired) electrons. The molecule has 0 saturated heterocycles. The summed E-state index contributed by atoms with van der Waals surface area (Å²) in [7, 11) is 0. The quantitative estimate of drug-likeness (QED) is 0.788. The zero-order chi connectivity index (χ0) is 15.1. The SMILES string of the molecule is CCOc1ccccc1NCc1ccn(C(CC)CC)n1. The van der Waals surface area contributed by atoms with Gasteiger partial charge < -0.3 is 10.1 Å². The number of benzene rings is 1. The topological polar surface area (TPSA) is 39.1 Å². The van der Waals surface area contributed by atoms with Crippen LogP contribution < -0.4 is 10.1 Å². The van der Waals surface area contributed by atoms with Crippen LogP contribution in [0.1, 0.15) is 45.3 Å². The Hall–Kier alpha value is -1.97. The summed E-state index contributed by atoms with van der Waals surface area (Å²) in [6, 6.07) is 10.6. The maximum atomic E-state index is 5.62. The zero-order valence-corrected chi connectivity index (χ0v) is 13.2. The Balaban J connectivity index is 2.00. The highest BCUT2D eigenvalue weighted by molar-refractivity contribution is 5.56. The average Bonchev–Trinajstić information content (AvgIpc) is 2.97. The summed E-state index contributed by atoms with van der Waals surface area (Å²) in [5.41, 5.74) is 2.06. The third-order valence-electron chi connectivity index (χ3n) is 3.63. The van der Waals surface area contributed by atoms with E-state index in [1.807, 2.05) is 31.2 Å². The molecular weight excluding hydrogens is 262 g/mol. The maximum absolute atomic E-state index is 5.62. The van der Waals surface area contributed by atoms with Gasteiger partial charge in [-0.15, -0.1) is 0 Å². The molecule has 0 spiro atoms. The molecule has 1 aromatic heterocycles. The first-order valence-corrected chi connectivity index (χ1v) is 7.78. The Morgan fingerprint density at radius 1 is 1.14 bits per heavy atom. The van der Waals surface area contributed by atoms with Crippen molar-refractivity contribution in [2.45, 2.75) is 46.2 Å². The molecule has 0 unspecified atom stereocenters. The largest absolute Gasteiger partial charge is 0.492 e. The minimum atomic E-state index is 0.495. The Morgan fingerprint density at radius 2 is 1.90 bits per heavy atom. The van der Waals surface area contributed by atoms with E-state index in [9.17, 15) is 0 Å². The lowest BCUT2D eigenvalue weighted by atomic mass is 10.2. The fraction of sp³-hybridized carbons (Fsp3) is 0.471. The molecule has 1 aromatic carbocycles. The van der Waals surface area contributed by atoms with Crippen molar-refractivity contribution >= 4 is 5.69 Å². The molecule has 0 fully saturated rings. The van der Waals surface area contributed by atoms with E-state index in [1.165, 1.54) is 0 Å². The van der Waals surface area contributed by atoms with Crippen molar-refractivity contribution in [3.05, 3.63) is 42.2 Å². The molecular formula is C17H25N3O. The van der Waals surface area contributed by atoms with Crippen molar-refractivity contribution in [1.29, 1.82) is 0 Å². The molecule has 114 valence electrons. The lowest BCUT2D eigenvalue weighted by molar-refractivity contribution is 0.341. The Bertz CT molecular complexity index is 546. The van der Waals surface area contributed by atoms with E-state index in [4.69, 9.17) is 4.74 Å². The van der Waals surface area contributed by atoms with E-state index < -0.39 is 0 Å². The van der Waals surface area contributed by atoms with Crippen LogP contribution in [0.3, 0.4) is 0 Å². The van der Waals surface area contributed by atoms with Gasteiger partial charge in [0.1, 0.15) is 5.75 Å². The number of rotatable bonds is 8. The van der Waals surface area contributed by atoms with Gasteiger partial charge in [-0.25, -0.2) is 0 Å². The highest BCUT2D eigenvalue weighted by Gasteiger charge is 2.08. The number of nitrogens with one attached hydrogen (secondary N) is 1. The predicted molar refractivity (Wildman–Crippen MR) is 86.8 cm³/mol. The van der Waals surface area contributed by atoms with Crippen molar-refractivity contribution in [1.82, 2.24) is 9.78 Å². The zero-order valence-electron chi connectivity index (χ0n) is 13.2. The van der Waals surface area contributed by atoms with E-state index >= 15 is 0 Å². The van der Waals surface area contributed by atoms with Gasteiger partial charge in [0.15, 0.2) is 0 Å². The summed E-state index contributed by atoms with van der Waals surface area (Å²) in [6.45, 7) is 7.77. The van der Waals surface area contributed by atoms with Crippen molar-refractivity contribution in [3.63, 3.8) is 0 Å². The second-order valence-electron chi connectivity index (χ2n) is 5.04. The van der Waals surface area contributed by atoms with Gasteiger partial charge in [0.25, 0.3) is 0 Å². The van der Waals surface area contributed by atoms with Gasteiger partial charge in [0.2, 0.25) is 0 Å². The number of aromatic nitrogens is 2. The van der Waals surface area contributed by atoms with Crippen LogP contribution in [0.2, 0.25) is 0 Å². The average molecular weight is 287 g/mol. The number of hydrogen-bond acceptors (Lipinski definition) is 3. The second-order valence-corrected chi connectivity index (χ2v) is 5.04. The maximum Gasteiger partial charge on any atom is 0.142 e. The van der Waals surface area contributed by atoms with Crippen LogP contribution in [0.5, 0.6) is 5.75 Å². The normalized spacial score (nSPS) is 10.9. The minimum absolute atomic E-state index is 0.495. The monoisotopic (exact) mass is 287 g/mol. The van der Waals surface area contributed by atoms with Gasteiger partial charge in [-0.2, -0.15) is 5.10 Å². The molecule has 0 aliphatic heterocycles. The van der Waals surface area contributed by atoms with E-state index in [-0.39, 0.29) is 0 Å². The second kappa shape index (κ2) is 7.72. The van der Waals surface area contributed by atoms with Crippen molar-refractivity contribution in [2.24, 2.45) is 0 Å². The van der Waals surface area contributed by atoms with Gasteiger partial charge >= 0.3 is 0 Å². The van der Waals surface area contributed by atoms with Crippen LogP contribution >= 0.6 is 0 Å². The first-order chi connectivity index (χ1) is 10.3. The summed E-state index contributed by atoms with van der Waals surface area (Å²) in [6.07, 6.45) is 4.29. The minimum Gasteiger partial charge on any atom is -0.492 e. The molecule has 2 rings (SSSR count). The summed E-state index contributed by atoms with van der Waals surface area (Å²) in [5.74, 6) is 0.888. The Labute approximate surface area is 127 Å². The molecule has 21 heavy (non-hydrogen) atoms. The molecule has 0 atom stereocenters. The molecule has 1 heterocycles. The number of ether oxygens (including phenoxy) is 1. The summed E-state index contributed by atoms with van der Waals surface area (Å²) >= 11 is 0. The van der Waals surface area contributed by atoms with Gasteiger partial charge in [-0.3, -0.25) is 4.68 Å². The first kappa shape index (κ1) is 15.4. The fourth-order valence-electron chi connectivity index (χ4n) is 2.42. The molecule has 4 nitrogen and oxygen atoms in total. The first-order valence-electron chi connectivity index (χ1n) is 7.78. The smallest absolute Gasteiger partial charge is 0.142 e. The molecule has 1 N–H and O–H groups in total. The molecule has 0 bridgehead atoms. The van der Waals surface area contributed by atoms with Crippen LogP contribution in [-0.4, -0.2) is 16.4 Å². The standard InChI is InChI=1S/C17H25N3O/c1-4-15(5-2)20-12-11-14(19-20)13-18-16-9-7-8-10-17(16)21-6-3/h7-12,15,18H,4-6,13H2,1-3H3. The predicted octanol–water partition coefficient (Wildman–Crippen LogP) is 4.26. The lowest BCUT2D eigenvalue weighted by Gasteiger charge is -2.13. The molecule has 0 amide bonds. The summed E-state index contributed by atoms with van der Waals surface area (Å²) in [5, 5.41) is 8.06. The van der Waals surface area contributed by atoms with Crippen molar-refractivity contribution in [2.75, 3.05) is 11.9 Å². The van der Waals surface area contributed by atoms with E-state index in [1.54, 1.807) is 0 Å². The van der Waals surface area contributed by atoms with E-state index in [2.05, 4.69) is 41.2 Å². The summed E-state index contributed by atoms with van der Waals surface area (Å²) in [4.78, 5) is 0. The van der Waals surface area contributed by atoms with Gasteiger partial charge in [0.05, 0.1) is 30.6 Å².